The summed E-state index contributed by atoms with van der Waals surface area (Å²) in [6.45, 7) is 4.75. The maximum Gasteiger partial charge on any atom is 0.147 e. The molecule has 0 aromatic carbocycles. The van der Waals surface area contributed by atoms with Crippen molar-refractivity contribution in [1.82, 2.24) is 9.78 Å². The lowest BCUT2D eigenvalue weighted by Gasteiger charge is -2.12. The lowest BCUT2D eigenvalue weighted by Crippen LogP contribution is -2.15. The molecule has 6 heteroatoms. The smallest absolute Gasteiger partial charge is 0.147 e. The quantitative estimate of drug-likeness (QED) is 0.555. The fraction of sp³-hybridized carbons (Fsp3) is 0.727. The SMILES string of the molecule is CC(O)CCNc1c(N)cnn1CCC(C)O. The van der Waals surface area contributed by atoms with Gasteiger partial charge >= 0.3 is 0 Å². The molecule has 0 aliphatic rings. The Morgan fingerprint density at radius 2 is 2.00 bits per heavy atom. The van der Waals surface area contributed by atoms with E-state index in [2.05, 4.69) is 10.4 Å². The molecule has 5 N–H and O–H groups in total. The molecular weight excluding hydrogens is 220 g/mol. The van der Waals surface area contributed by atoms with Crippen molar-refractivity contribution in [3.05, 3.63) is 6.20 Å². The maximum atomic E-state index is 9.23. The number of anilines is 2. The van der Waals surface area contributed by atoms with E-state index < -0.39 is 0 Å². The monoisotopic (exact) mass is 242 g/mol. The van der Waals surface area contributed by atoms with Gasteiger partial charge in [-0.05, 0) is 26.7 Å². The minimum absolute atomic E-state index is 0.336. The van der Waals surface area contributed by atoms with Crippen LogP contribution in [0.2, 0.25) is 0 Å². The van der Waals surface area contributed by atoms with Crippen molar-refractivity contribution < 1.29 is 10.2 Å². The van der Waals surface area contributed by atoms with E-state index in [1.807, 2.05) is 0 Å². The number of aliphatic hydroxyl groups is 2. The number of nitrogen functional groups attached to an aromatic ring is 1. The van der Waals surface area contributed by atoms with Crippen molar-refractivity contribution >= 4 is 11.5 Å². The van der Waals surface area contributed by atoms with Crippen LogP contribution in [0.1, 0.15) is 26.7 Å². The van der Waals surface area contributed by atoms with E-state index in [0.717, 1.165) is 5.82 Å². The number of aliphatic hydroxyl groups excluding tert-OH is 2. The zero-order valence-corrected chi connectivity index (χ0v) is 10.4. The average Bonchev–Trinajstić information content (AvgIpc) is 2.57. The van der Waals surface area contributed by atoms with Crippen LogP contribution in [0.4, 0.5) is 11.5 Å². The molecule has 17 heavy (non-hydrogen) atoms. The highest BCUT2D eigenvalue weighted by molar-refractivity contribution is 5.60. The number of rotatable bonds is 7. The third-order valence-electron chi connectivity index (χ3n) is 2.48. The van der Waals surface area contributed by atoms with Crippen molar-refractivity contribution in [1.29, 1.82) is 0 Å². The minimum Gasteiger partial charge on any atom is -0.394 e. The van der Waals surface area contributed by atoms with E-state index in [1.165, 1.54) is 0 Å². The van der Waals surface area contributed by atoms with Crippen LogP contribution >= 0.6 is 0 Å². The van der Waals surface area contributed by atoms with Gasteiger partial charge in [0.05, 0.1) is 24.1 Å². The predicted molar refractivity (Wildman–Crippen MR) is 67.7 cm³/mol. The highest BCUT2D eigenvalue weighted by Gasteiger charge is 2.08. The van der Waals surface area contributed by atoms with Gasteiger partial charge in [0.15, 0.2) is 0 Å². The van der Waals surface area contributed by atoms with Crippen LogP contribution in [0.25, 0.3) is 0 Å². The van der Waals surface area contributed by atoms with Gasteiger partial charge in [-0.3, -0.25) is 0 Å². The molecule has 0 spiro atoms. The predicted octanol–water partition coefficient (Wildman–Crippen LogP) is 0.419. The standard InChI is InChI=1S/C11H22N4O2/c1-8(16)3-5-13-11-10(12)7-14-15(11)6-4-9(2)17/h7-9,13,16-17H,3-6,12H2,1-2H3. The Morgan fingerprint density at radius 3 is 2.59 bits per heavy atom. The van der Waals surface area contributed by atoms with Crippen molar-refractivity contribution in [3.63, 3.8) is 0 Å². The fourth-order valence-electron chi connectivity index (χ4n) is 1.47. The molecule has 1 aromatic rings. The first-order chi connectivity index (χ1) is 8.00. The molecular formula is C11H22N4O2. The average molecular weight is 242 g/mol. The zero-order chi connectivity index (χ0) is 12.8. The third kappa shape index (κ3) is 4.62. The van der Waals surface area contributed by atoms with Gasteiger partial charge in [-0.1, -0.05) is 0 Å². The van der Waals surface area contributed by atoms with Crippen LogP contribution in [0, 0.1) is 0 Å². The Morgan fingerprint density at radius 1 is 1.35 bits per heavy atom. The van der Waals surface area contributed by atoms with Crippen LogP contribution in [-0.4, -0.2) is 38.7 Å². The van der Waals surface area contributed by atoms with Crippen molar-refractivity contribution in [2.45, 2.75) is 45.4 Å². The van der Waals surface area contributed by atoms with Crippen molar-refractivity contribution in [2.75, 3.05) is 17.6 Å². The molecule has 6 nitrogen and oxygen atoms in total. The summed E-state index contributed by atoms with van der Waals surface area (Å²) in [5, 5.41) is 25.7. The van der Waals surface area contributed by atoms with Crippen LogP contribution < -0.4 is 11.1 Å². The highest BCUT2D eigenvalue weighted by atomic mass is 16.3. The second kappa shape index (κ2) is 6.46. The van der Waals surface area contributed by atoms with Gasteiger partial charge < -0.3 is 21.3 Å². The number of hydrogen-bond donors (Lipinski definition) is 4. The molecule has 0 aliphatic heterocycles. The van der Waals surface area contributed by atoms with Gasteiger partial charge in [-0.2, -0.15) is 5.10 Å². The van der Waals surface area contributed by atoms with Gasteiger partial charge in [0.1, 0.15) is 5.82 Å². The van der Waals surface area contributed by atoms with E-state index in [9.17, 15) is 5.11 Å². The van der Waals surface area contributed by atoms with Crippen molar-refractivity contribution in [2.24, 2.45) is 0 Å². The number of aryl methyl sites for hydroxylation is 1. The third-order valence-corrected chi connectivity index (χ3v) is 2.48. The second-order valence-electron chi connectivity index (χ2n) is 4.37. The summed E-state index contributed by atoms with van der Waals surface area (Å²) < 4.78 is 1.74. The molecule has 0 bridgehead atoms. The first kappa shape index (κ1) is 13.8. The first-order valence-corrected chi connectivity index (χ1v) is 5.92. The lowest BCUT2D eigenvalue weighted by molar-refractivity contribution is 0.176. The molecule has 0 aliphatic carbocycles. The lowest BCUT2D eigenvalue weighted by atomic mass is 10.3. The van der Waals surface area contributed by atoms with Gasteiger partial charge in [0.2, 0.25) is 0 Å². The zero-order valence-electron chi connectivity index (χ0n) is 10.4. The molecule has 1 heterocycles. The second-order valence-corrected chi connectivity index (χ2v) is 4.37. The van der Waals surface area contributed by atoms with Gasteiger partial charge in [-0.15, -0.1) is 0 Å². The van der Waals surface area contributed by atoms with Gasteiger partial charge in [0, 0.05) is 13.1 Å². The number of nitrogens with zero attached hydrogens (tertiary/aromatic N) is 2. The summed E-state index contributed by atoms with van der Waals surface area (Å²) in [6.07, 6.45) is 2.18. The normalized spacial score (nSPS) is 14.6. The summed E-state index contributed by atoms with van der Waals surface area (Å²) in [5.41, 5.74) is 6.38. The molecule has 98 valence electrons. The Bertz CT molecular complexity index is 336. The fourth-order valence-corrected chi connectivity index (χ4v) is 1.47. The van der Waals surface area contributed by atoms with Gasteiger partial charge in [-0.25, -0.2) is 4.68 Å². The van der Waals surface area contributed by atoms with E-state index in [1.54, 1.807) is 24.7 Å². The summed E-state index contributed by atoms with van der Waals surface area (Å²) >= 11 is 0. The number of hydrogen-bond acceptors (Lipinski definition) is 5. The first-order valence-electron chi connectivity index (χ1n) is 5.92. The molecule has 0 saturated heterocycles. The molecule has 2 unspecified atom stereocenters. The van der Waals surface area contributed by atoms with Gasteiger partial charge in [0.25, 0.3) is 0 Å². The Hall–Kier alpha value is -1.27. The number of nitrogens with one attached hydrogen (secondary N) is 1. The Balaban J connectivity index is 2.53. The molecule has 1 aromatic heterocycles. The maximum absolute atomic E-state index is 9.23. The number of nitrogens with two attached hydrogens (primary N) is 1. The van der Waals surface area contributed by atoms with Crippen LogP contribution in [0.5, 0.6) is 0 Å². The molecule has 1 rings (SSSR count). The summed E-state index contributed by atoms with van der Waals surface area (Å²) in [7, 11) is 0. The van der Waals surface area contributed by atoms with E-state index in [4.69, 9.17) is 10.8 Å². The molecule has 0 fully saturated rings. The number of aromatic nitrogens is 2. The van der Waals surface area contributed by atoms with Crippen LogP contribution in [0.3, 0.4) is 0 Å². The van der Waals surface area contributed by atoms with E-state index >= 15 is 0 Å². The Labute approximate surface area is 101 Å². The summed E-state index contributed by atoms with van der Waals surface area (Å²) in [6, 6.07) is 0. The molecule has 0 saturated carbocycles. The van der Waals surface area contributed by atoms with Crippen LogP contribution in [0.15, 0.2) is 6.20 Å². The molecule has 0 radical (unpaired) electrons. The Kier molecular flexibility index (Phi) is 5.24. The molecule has 0 amide bonds. The summed E-state index contributed by atoms with van der Waals surface area (Å²) in [5.74, 6) is 0.756. The topological polar surface area (TPSA) is 96.3 Å². The largest absolute Gasteiger partial charge is 0.394 e. The van der Waals surface area contributed by atoms with Crippen molar-refractivity contribution in [3.8, 4) is 0 Å². The van der Waals surface area contributed by atoms with Crippen LogP contribution in [-0.2, 0) is 6.54 Å². The van der Waals surface area contributed by atoms with E-state index in [0.29, 0.717) is 31.6 Å². The van der Waals surface area contributed by atoms with E-state index in [-0.39, 0.29) is 12.2 Å². The molecule has 2 atom stereocenters. The summed E-state index contributed by atoms with van der Waals surface area (Å²) in [4.78, 5) is 0. The minimum atomic E-state index is -0.356. The highest BCUT2D eigenvalue weighted by Crippen LogP contribution is 2.18.